The van der Waals surface area contributed by atoms with Gasteiger partial charge in [-0.2, -0.15) is 0 Å². The van der Waals surface area contributed by atoms with Crippen molar-refractivity contribution in [3.8, 4) is 0 Å². The van der Waals surface area contributed by atoms with Gasteiger partial charge in [-0.05, 0) is 32.4 Å². The van der Waals surface area contributed by atoms with Crippen molar-refractivity contribution in [2.75, 3.05) is 11.4 Å². The smallest absolute Gasteiger partial charge is 0.338 e. The number of hydrogen-bond donors (Lipinski definition) is 1. The molecule has 1 N–H and O–H groups in total. The molecule has 0 saturated heterocycles. The van der Waals surface area contributed by atoms with Gasteiger partial charge in [-0.25, -0.2) is 13.6 Å². The minimum Gasteiger partial charge on any atom is -0.478 e. The zero-order valence-corrected chi connectivity index (χ0v) is 10.7. The molecule has 0 radical (unpaired) electrons. The lowest BCUT2D eigenvalue weighted by atomic mass is 10.1. The summed E-state index contributed by atoms with van der Waals surface area (Å²) in [6.07, 6.45) is 0.787. The first-order chi connectivity index (χ1) is 8.43. The molecule has 0 bridgehead atoms. The Hall–Kier alpha value is -1.65. The highest BCUT2D eigenvalue weighted by atomic mass is 19.2. The van der Waals surface area contributed by atoms with Crippen LogP contribution in [-0.2, 0) is 0 Å². The van der Waals surface area contributed by atoms with Crippen molar-refractivity contribution in [3.63, 3.8) is 0 Å². The van der Waals surface area contributed by atoms with E-state index in [-0.39, 0.29) is 11.7 Å². The molecule has 0 saturated carbocycles. The molecule has 0 aliphatic carbocycles. The molecule has 1 unspecified atom stereocenters. The van der Waals surface area contributed by atoms with E-state index >= 15 is 0 Å². The molecule has 0 heterocycles. The van der Waals surface area contributed by atoms with Crippen LogP contribution in [0, 0.1) is 11.6 Å². The molecular formula is C13H17F2NO2. The summed E-state index contributed by atoms with van der Waals surface area (Å²) in [4.78, 5) is 12.4. The van der Waals surface area contributed by atoms with Crippen LogP contribution in [0.2, 0.25) is 0 Å². The van der Waals surface area contributed by atoms with Crippen LogP contribution in [0.15, 0.2) is 12.1 Å². The maximum atomic E-state index is 13.9. The molecule has 100 valence electrons. The quantitative estimate of drug-likeness (QED) is 0.880. The van der Waals surface area contributed by atoms with Gasteiger partial charge in [-0.3, -0.25) is 0 Å². The van der Waals surface area contributed by atoms with Crippen LogP contribution in [0.5, 0.6) is 0 Å². The fourth-order valence-electron chi connectivity index (χ4n) is 1.87. The van der Waals surface area contributed by atoms with Crippen LogP contribution in [0.1, 0.15) is 37.6 Å². The lowest BCUT2D eigenvalue weighted by molar-refractivity contribution is 0.0690. The molecule has 1 aromatic carbocycles. The summed E-state index contributed by atoms with van der Waals surface area (Å²) >= 11 is 0. The minimum atomic E-state index is -1.47. The number of nitrogens with zero attached hydrogens (tertiary/aromatic N) is 1. The van der Waals surface area contributed by atoms with Crippen LogP contribution < -0.4 is 4.90 Å². The number of halogens is 2. The Labute approximate surface area is 105 Å². The van der Waals surface area contributed by atoms with Gasteiger partial charge in [0.25, 0.3) is 0 Å². The van der Waals surface area contributed by atoms with Crippen LogP contribution in [0.25, 0.3) is 0 Å². The lowest BCUT2D eigenvalue weighted by Crippen LogP contribution is -2.33. The highest BCUT2D eigenvalue weighted by Gasteiger charge is 2.22. The van der Waals surface area contributed by atoms with E-state index in [0.717, 1.165) is 12.5 Å². The molecule has 1 aromatic rings. The first-order valence-corrected chi connectivity index (χ1v) is 5.91. The van der Waals surface area contributed by atoms with E-state index in [1.165, 1.54) is 6.07 Å². The van der Waals surface area contributed by atoms with Gasteiger partial charge < -0.3 is 10.0 Å². The van der Waals surface area contributed by atoms with Gasteiger partial charge >= 0.3 is 5.97 Å². The monoisotopic (exact) mass is 257 g/mol. The summed E-state index contributed by atoms with van der Waals surface area (Å²) in [5.74, 6) is -3.87. The van der Waals surface area contributed by atoms with Gasteiger partial charge in [-0.15, -0.1) is 0 Å². The molecule has 3 nitrogen and oxygen atoms in total. The Balaban J connectivity index is 3.26. The van der Waals surface area contributed by atoms with Gasteiger partial charge in [-0.1, -0.05) is 6.92 Å². The third kappa shape index (κ3) is 2.60. The van der Waals surface area contributed by atoms with Crippen molar-refractivity contribution in [3.05, 3.63) is 29.3 Å². The largest absolute Gasteiger partial charge is 0.478 e. The van der Waals surface area contributed by atoms with E-state index in [1.54, 1.807) is 4.90 Å². The molecule has 0 aliphatic rings. The second kappa shape index (κ2) is 5.80. The summed E-state index contributed by atoms with van der Waals surface area (Å²) in [6, 6.07) is 2.47. The van der Waals surface area contributed by atoms with E-state index in [1.807, 2.05) is 20.8 Å². The molecule has 0 aromatic heterocycles. The molecule has 0 fully saturated rings. The standard InChI is InChI=1S/C13H17F2NO2/c1-4-8(3)16(5-2)10-7-6-9(13(17)18)11(14)12(10)15/h6-8H,4-5H2,1-3H3,(H,17,18). The summed E-state index contributed by atoms with van der Waals surface area (Å²) < 4.78 is 27.5. The molecular weight excluding hydrogens is 240 g/mol. The Kier molecular flexibility index (Phi) is 4.64. The summed E-state index contributed by atoms with van der Waals surface area (Å²) in [5.41, 5.74) is -0.536. The number of carboxylic acids is 1. The van der Waals surface area contributed by atoms with E-state index in [4.69, 9.17) is 5.11 Å². The fraction of sp³-hybridized carbons (Fsp3) is 0.462. The van der Waals surface area contributed by atoms with E-state index in [2.05, 4.69) is 0 Å². The maximum absolute atomic E-state index is 13.9. The SMILES string of the molecule is CCC(C)N(CC)c1ccc(C(=O)O)c(F)c1F. The van der Waals surface area contributed by atoms with Gasteiger partial charge in [0.05, 0.1) is 11.3 Å². The highest BCUT2D eigenvalue weighted by Crippen LogP contribution is 2.26. The molecule has 1 atom stereocenters. The number of carbonyl (C=O) groups is 1. The van der Waals surface area contributed by atoms with Crippen LogP contribution in [0.3, 0.4) is 0 Å². The van der Waals surface area contributed by atoms with E-state index in [0.29, 0.717) is 6.54 Å². The molecule has 5 heteroatoms. The molecule has 0 aliphatic heterocycles. The van der Waals surface area contributed by atoms with E-state index < -0.39 is 23.2 Å². The molecule has 0 spiro atoms. The van der Waals surface area contributed by atoms with Crippen LogP contribution in [-0.4, -0.2) is 23.7 Å². The van der Waals surface area contributed by atoms with Crippen molar-refractivity contribution in [2.24, 2.45) is 0 Å². The van der Waals surface area contributed by atoms with Crippen LogP contribution in [0.4, 0.5) is 14.5 Å². The van der Waals surface area contributed by atoms with Crippen molar-refractivity contribution in [2.45, 2.75) is 33.2 Å². The fourth-order valence-corrected chi connectivity index (χ4v) is 1.87. The zero-order chi connectivity index (χ0) is 13.9. The van der Waals surface area contributed by atoms with Crippen molar-refractivity contribution in [1.29, 1.82) is 0 Å². The Bertz CT molecular complexity index is 449. The second-order valence-electron chi connectivity index (χ2n) is 4.11. The average molecular weight is 257 g/mol. The van der Waals surface area contributed by atoms with Gasteiger partial charge in [0.1, 0.15) is 0 Å². The molecule has 1 rings (SSSR count). The Morgan fingerprint density at radius 2 is 1.94 bits per heavy atom. The number of rotatable bonds is 5. The van der Waals surface area contributed by atoms with Crippen molar-refractivity contribution in [1.82, 2.24) is 0 Å². The summed E-state index contributed by atoms with van der Waals surface area (Å²) in [5, 5.41) is 8.71. The third-order valence-electron chi connectivity index (χ3n) is 3.07. The third-order valence-corrected chi connectivity index (χ3v) is 3.07. The van der Waals surface area contributed by atoms with Crippen molar-refractivity contribution >= 4 is 11.7 Å². The normalized spacial score (nSPS) is 12.3. The lowest BCUT2D eigenvalue weighted by Gasteiger charge is -2.30. The first-order valence-electron chi connectivity index (χ1n) is 5.91. The molecule has 18 heavy (non-hydrogen) atoms. The van der Waals surface area contributed by atoms with Gasteiger partial charge in [0, 0.05) is 12.6 Å². The van der Waals surface area contributed by atoms with Crippen molar-refractivity contribution < 1.29 is 18.7 Å². The topological polar surface area (TPSA) is 40.5 Å². The average Bonchev–Trinajstić information content (AvgIpc) is 2.34. The second-order valence-corrected chi connectivity index (χ2v) is 4.11. The Morgan fingerprint density at radius 3 is 2.39 bits per heavy atom. The number of carboxylic acid groups (broad SMARTS) is 1. The summed E-state index contributed by atoms with van der Waals surface area (Å²) in [6.45, 7) is 6.23. The predicted octanol–water partition coefficient (Wildman–Crippen LogP) is 3.29. The minimum absolute atomic E-state index is 0.0552. The number of anilines is 1. The summed E-state index contributed by atoms with van der Waals surface area (Å²) in [7, 11) is 0. The van der Waals surface area contributed by atoms with Crippen LogP contribution >= 0.6 is 0 Å². The first kappa shape index (κ1) is 14.4. The maximum Gasteiger partial charge on any atom is 0.338 e. The number of hydrogen-bond acceptors (Lipinski definition) is 2. The molecule has 0 amide bonds. The van der Waals surface area contributed by atoms with Gasteiger partial charge in [0.15, 0.2) is 11.6 Å². The predicted molar refractivity (Wildman–Crippen MR) is 66.1 cm³/mol. The van der Waals surface area contributed by atoms with Gasteiger partial charge in [0.2, 0.25) is 0 Å². The number of aromatic carboxylic acids is 1. The number of benzene rings is 1. The highest BCUT2D eigenvalue weighted by molar-refractivity contribution is 5.88. The Morgan fingerprint density at radius 1 is 1.33 bits per heavy atom. The van der Waals surface area contributed by atoms with E-state index in [9.17, 15) is 13.6 Å². The zero-order valence-electron chi connectivity index (χ0n) is 10.7.